The van der Waals surface area contributed by atoms with Crippen molar-refractivity contribution >= 4 is 17.9 Å². The molecule has 4 rings (SSSR count). The minimum atomic E-state index is -0.284. The highest BCUT2D eigenvalue weighted by Crippen LogP contribution is 2.38. The Morgan fingerprint density at radius 3 is 2.31 bits per heavy atom. The zero-order valence-corrected chi connectivity index (χ0v) is 21.3. The van der Waals surface area contributed by atoms with E-state index in [-0.39, 0.29) is 11.4 Å². The average Bonchev–Trinajstić information content (AvgIpc) is 3.49. The molecule has 11 nitrogen and oxygen atoms in total. The molecule has 0 fully saturated rings. The quantitative estimate of drug-likeness (QED) is 0.327. The summed E-state index contributed by atoms with van der Waals surface area (Å²) in [5.74, 6) is 2.23. The van der Waals surface area contributed by atoms with Crippen LogP contribution in [0.3, 0.4) is 0 Å². The van der Waals surface area contributed by atoms with Gasteiger partial charge in [0, 0.05) is 26.6 Å². The van der Waals surface area contributed by atoms with Crippen LogP contribution in [-0.4, -0.2) is 61.1 Å². The summed E-state index contributed by atoms with van der Waals surface area (Å²) < 4.78 is 23.9. The summed E-state index contributed by atoms with van der Waals surface area (Å²) in [4.78, 5) is 8.82. The molecule has 0 saturated heterocycles. The lowest BCUT2D eigenvalue weighted by Gasteiger charge is -2.22. The van der Waals surface area contributed by atoms with Gasteiger partial charge in [0.15, 0.2) is 5.82 Å². The van der Waals surface area contributed by atoms with Crippen molar-refractivity contribution in [3.05, 3.63) is 54.2 Å². The molecule has 4 aromatic rings. The van der Waals surface area contributed by atoms with E-state index in [2.05, 4.69) is 30.0 Å². The van der Waals surface area contributed by atoms with Gasteiger partial charge < -0.3 is 14.2 Å². The lowest BCUT2D eigenvalue weighted by Crippen LogP contribution is -2.18. The maximum atomic E-state index is 5.73. The largest absolute Gasteiger partial charge is 0.494 e. The summed E-state index contributed by atoms with van der Waals surface area (Å²) in [6.07, 6.45) is 5.04. The number of para-hydroxylation sites is 1. The van der Waals surface area contributed by atoms with E-state index in [0.717, 1.165) is 11.4 Å². The molecule has 12 heteroatoms. The summed E-state index contributed by atoms with van der Waals surface area (Å²) in [6.45, 7) is 3.94. The Hall–Kier alpha value is -3.64. The molecule has 35 heavy (non-hydrogen) atoms. The van der Waals surface area contributed by atoms with Gasteiger partial charge in [-0.3, -0.25) is 23.9 Å². The Labute approximate surface area is 208 Å². The van der Waals surface area contributed by atoms with Crippen LogP contribution in [0.4, 0.5) is 5.95 Å². The number of rotatable bonds is 10. The number of hydrogen-bond acceptors (Lipinski definition) is 10. The van der Waals surface area contributed by atoms with E-state index in [1.54, 1.807) is 38.4 Å². The van der Waals surface area contributed by atoms with Crippen LogP contribution in [0.15, 0.2) is 42.9 Å². The van der Waals surface area contributed by atoms with Crippen molar-refractivity contribution in [3.8, 4) is 28.7 Å². The highest BCUT2D eigenvalue weighted by molar-refractivity contribution is 8.01. The van der Waals surface area contributed by atoms with Crippen LogP contribution in [0.25, 0.3) is 17.2 Å². The third-order valence-electron chi connectivity index (χ3n) is 5.34. The standard InChI is InChI=1S/C23H28N8O3S/c1-14-12-25-17(13-24-14)21(34-6)15(2)35-29-23-27-26-22(16-10-11-30(3)28-16)31(23)20-18(32-4)8-7-9-19(20)33-5/h7-13,15,21H,1-6H3,(H,27,29). The monoisotopic (exact) mass is 496 g/mol. The van der Waals surface area contributed by atoms with E-state index in [0.29, 0.717) is 34.7 Å². The fourth-order valence-electron chi connectivity index (χ4n) is 3.62. The number of nitrogens with zero attached hydrogens (tertiary/aromatic N) is 7. The molecule has 0 radical (unpaired) electrons. The van der Waals surface area contributed by atoms with Crippen LogP contribution < -0.4 is 14.2 Å². The fourth-order valence-corrected chi connectivity index (χ4v) is 4.42. The van der Waals surface area contributed by atoms with E-state index < -0.39 is 0 Å². The SMILES string of the molecule is COc1cccc(OC)c1-n1c(NSC(C)C(OC)c2cnc(C)cn2)nnc1-c1ccn(C)n1. The third-order valence-corrected chi connectivity index (χ3v) is 6.26. The van der Waals surface area contributed by atoms with E-state index in [4.69, 9.17) is 14.2 Å². The second kappa shape index (κ2) is 10.7. The summed E-state index contributed by atoms with van der Waals surface area (Å²) in [6, 6.07) is 7.45. The summed E-state index contributed by atoms with van der Waals surface area (Å²) in [7, 11) is 6.73. The molecule has 0 spiro atoms. The van der Waals surface area contributed by atoms with Crippen molar-refractivity contribution in [1.29, 1.82) is 0 Å². The lowest BCUT2D eigenvalue weighted by atomic mass is 10.2. The molecular formula is C23H28N8O3S. The molecule has 0 bridgehead atoms. The van der Waals surface area contributed by atoms with Gasteiger partial charge in [0.2, 0.25) is 5.95 Å². The minimum absolute atomic E-state index is 0.0416. The molecule has 2 unspecified atom stereocenters. The number of hydrogen-bond donors (Lipinski definition) is 1. The van der Waals surface area contributed by atoms with Crippen LogP contribution in [0.2, 0.25) is 0 Å². The van der Waals surface area contributed by atoms with Crippen LogP contribution >= 0.6 is 11.9 Å². The Morgan fingerprint density at radius 2 is 1.74 bits per heavy atom. The topological polar surface area (TPSA) is 114 Å². The normalized spacial score (nSPS) is 12.9. The smallest absolute Gasteiger partial charge is 0.239 e. The van der Waals surface area contributed by atoms with Gasteiger partial charge in [0.1, 0.15) is 29.0 Å². The van der Waals surface area contributed by atoms with Crippen molar-refractivity contribution < 1.29 is 14.2 Å². The molecule has 3 heterocycles. The molecule has 0 aliphatic heterocycles. The average molecular weight is 497 g/mol. The first-order valence-electron chi connectivity index (χ1n) is 10.9. The van der Waals surface area contributed by atoms with Crippen molar-refractivity contribution in [2.45, 2.75) is 25.2 Å². The van der Waals surface area contributed by atoms with Crippen molar-refractivity contribution in [2.75, 3.05) is 26.1 Å². The first-order valence-corrected chi connectivity index (χ1v) is 11.7. The number of ether oxygens (including phenoxy) is 3. The van der Waals surface area contributed by atoms with Gasteiger partial charge in [-0.2, -0.15) is 5.10 Å². The first kappa shape index (κ1) is 24.5. The Balaban J connectivity index is 1.71. The molecule has 2 atom stereocenters. The predicted molar refractivity (Wildman–Crippen MR) is 134 cm³/mol. The molecule has 0 aliphatic carbocycles. The van der Waals surface area contributed by atoms with Gasteiger partial charge in [-0.25, -0.2) is 0 Å². The predicted octanol–water partition coefficient (Wildman–Crippen LogP) is 3.62. The number of aryl methyl sites for hydroxylation is 2. The van der Waals surface area contributed by atoms with Crippen LogP contribution in [-0.2, 0) is 11.8 Å². The molecular weight excluding hydrogens is 468 g/mol. The molecule has 1 aromatic carbocycles. The van der Waals surface area contributed by atoms with Gasteiger partial charge in [-0.05, 0) is 44.0 Å². The zero-order chi connectivity index (χ0) is 24.9. The molecule has 3 aromatic heterocycles. The summed E-state index contributed by atoms with van der Waals surface area (Å²) in [5.41, 5.74) is 2.92. The number of nitrogens with one attached hydrogen (secondary N) is 1. The Kier molecular flexibility index (Phi) is 7.51. The van der Waals surface area contributed by atoms with E-state index in [9.17, 15) is 0 Å². The fraction of sp³-hybridized carbons (Fsp3) is 0.348. The van der Waals surface area contributed by atoms with Gasteiger partial charge in [-0.15, -0.1) is 10.2 Å². The third kappa shape index (κ3) is 5.08. The summed E-state index contributed by atoms with van der Waals surface area (Å²) in [5, 5.41) is 13.3. The van der Waals surface area contributed by atoms with Crippen LogP contribution in [0.1, 0.15) is 24.4 Å². The zero-order valence-electron chi connectivity index (χ0n) is 20.5. The molecule has 0 saturated carbocycles. The molecule has 184 valence electrons. The van der Waals surface area contributed by atoms with E-state index >= 15 is 0 Å². The summed E-state index contributed by atoms with van der Waals surface area (Å²) >= 11 is 1.44. The van der Waals surface area contributed by atoms with E-state index in [1.165, 1.54) is 11.9 Å². The second-order valence-electron chi connectivity index (χ2n) is 7.73. The van der Waals surface area contributed by atoms with Crippen LogP contribution in [0.5, 0.6) is 11.5 Å². The number of benzene rings is 1. The van der Waals surface area contributed by atoms with E-state index in [1.807, 2.05) is 55.9 Å². The van der Waals surface area contributed by atoms with Gasteiger partial charge in [0.05, 0.1) is 37.1 Å². The number of methoxy groups -OCH3 is 3. The van der Waals surface area contributed by atoms with Gasteiger partial charge in [-0.1, -0.05) is 6.07 Å². The Morgan fingerprint density at radius 1 is 1.00 bits per heavy atom. The highest BCUT2D eigenvalue weighted by Gasteiger charge is 2.26. The highest BCUT2D eigenvalue weighted by atomic mass is 32.2. The Bertz CT molecular complexity index is 1250. The van der Waals surface area contributed by atoms with Crippen molar-refractivity contribution in [1.82, 2.24) is 34.5 Å². The van der Waals surface area contributed by atoms with Crippen LogP contribution in [0, 0.1) is 6.92 Å². The number of aromatic nitrogens is 7. The number of anilines is 1. The van der Waals surface area contributed by atoms with Crippen molar-refractivity contribution in [3.63, 3.8) is 0 Å². The lowest BCUT2D eigenvalue weighted by molar-refractivity contribution is 0.101. The first-order chi connectivity index (χ1) is 17.0. The van der Waals surface area contributed by atoms with Gasteiger partial charge in [0.25, 0.3) is 0 Å². The minimum Gasteiger partial charge on any atom is -0.494 e. The maximum absolute atomic E-state index is 5.73. The molecule has 1 N–H and O–H groups in total. The van der Waals surface area contributed by atoms with Gasteiger partial charge >= 0.3 is 0 Å². The molecule has 0 amide bonds. The second-order valence-corrected chi connectivity index (χ2v) is 8.92. The van der Waals surface area contributed by atoms with Crippen molar-refractivity contribution in [2.24, 2.45) is 7.05 Å². The molecule has 0 aliphatic rings. The maximum Gasteiger partial charge on any atom is 0.239 e.